The Balaban J connectivity index is 2.61. The number of benzene rings is 1. The van der Waals surface area contributed by atoms with Crippen molar-refractivity contribution in [3.8, 4) is 5.69 Å². The van der Waals surface area contributed by atoms with Crippen molar-refractivity contribution in [1.29, 1.82) is 0 Å². The van der Waals surface area contributed by atoms with Gasteiger partial charge in [-0.3, -0.25) is 4.79 Å². The largest absolute Gasteiger partial charge is 0.476 e. The zero-order chi connectivity index (χ0) is 13.3. The number of aromatic carboxylic acids is 1. The Morgan fingerprint density at radius 2 is 2.00 bits per heavy atom. The van der Waals surface area contributed by atoms with Crippen LogP contribution in [0.4, 0.5) is 0 Å². The third-order valence-electron chi connectivity index (χ3n) is 2.17. The summed E-state index contributed by atoms with van der Waals surface area (Å²) in [6.45, 7) is 0. The van der Waals surface area contributed by atoms with Gasteiger partial charge in [-0.2, -0.15) is 5.10 Å². The van der Waals surface area contributed by atoms with E-state index in [1.54, 1.807) is 18.2 Å². The summed E-state index contributed by atoms with van der Waals surface area (Å²) in [5.41, 5.74) is -0.486. The summed E-state index contributed by atoms with van der Waals surface area (Å²) in [4.78, 5) is 22.2. The highest BCUT2D eigenvalue weighted by molar-refractivity contribution is 9.11. The highest BCUT2D eigenvalue weighted by Gasteiger charge is 2.12. The topological polar surface area (TPSA) is 72.2 Å². The van der Waals surface area contributed by atoms with Gasteiger partial charge >= 0.3 is 5.97 Å². The number of nitrogens with zero attached hydrogens (tertiary/aromatic N) is 2. The first-order valence-corrected chi connectivity index (χ1v) is 6.36. The zero-order valence-corrected chi connectivity index (χ0v) is 12.0. The summed E-state index contributed by atoms with van der Waals surface area (Å²) >= 11 is 6.66. The van der Waals surface area contributed by atoms with E-state index in [9.17, 15) is 9.59 Å². The highest BCUT2D eigenvalue weighted by atomic mass is 79.9. The molecule has 18 heavy (non-hydrogen) atoms. The van der Waals surface area contributed by atoms with Crippen molar-refractivity contribution in [2.24, 2.45) is 0 Å². The van der Waals surface area contributed by atoms with E-state index in [-0.39, 0.29) is 0 Å². The first kappa shape index (κ1) is 13.0. The van der Waals surface area contributed by atoms with Gasteiger partial charge in [-0.05, 0) is 34.1 Å². The maximum Gasteiger partial charge on any atom is 0.360 e. The van der Waals surface area contributed by atoms with Gasteiger partial charge in [0.15, 0.2) is 0 Å². The molecule has 5 nitrogen and oxygen atoms in total. The van der Waals surface area contributed by atoms with E-state index in [0.717, 1.165) is 8.95 Å². The van der Waals surface area contributed by atoms with Crippen LogP contribution in [0.1, 0.15) is 10.5 Å². The Kier molecular flexibility index (Phi) is 3.63. The molecule has 0 aliphatic heterocycles. The molecule has 0 aliphatic rings. The lowest BCUT2D eigenvalue weighted by Gasteiger charge is -2.08. The fourth-order valence-corrected chi connectivity index (χ4v) is 2.59. The lowest BCUT2D eigenvalue weighted by molar-refractivity contribution is 0.0687. The van der Waals surface area contributed by atoms with E-state index in [2.05, 4.69) is 37.0 Å². The molecule has 2 rings (SSSR count). The molecule has 0 saturated carbocycles. The minimum Gasteiger partial charge on any atom is -0.476 e. The van der Waals surface area contributed by atoms with E-state index in [0.29, 0.717) is 5.69 Å². The van der Waals surface area contributed by atoms with Gasteiger partial charge in [0, 0.05) is 21.2 Å². The van der Waals surface area contributed by atoms with Gasteiger partial charge in [-0.1, -0.05) is 15.9 Å². The average Bonchev–Trinajstić information content (AvgIpc) is 2.30. The molecule has 0 aliphatic carbocycles. The number of hydrogen-bond acceptors (Lipinski definition) is 3. The summed E-state index contributed by atoms with van der Waals surface area (Å²) in [6.07, 6.45) is 1.42. The minimum absolute atomic E-state index is 0.507. The van der Waals surface area contributed by atoms with E-state index >= 15 is 0 Å². The minimum atomic E-state index is -1.34. The van der Waals surface area contributed by atoms with Crippen LogP contribution in [-0.4, -0.2) is 20.9 Å². The predicted octanol–water partition coefficient (Wildman–Crippen LogP) is 2.46. The second kappa shape index (κ2) is 5.03. The van der Waals surface area contributed by atoms with Gasteiger partial charge in [0.1, 0.15) is 0 Å². The van der Waals surface area contributed by atoms with Gasteiger partial charge in [0.2, 0.25) is 11.1 Å². The maximum absolute atomic E-state index is 11.3. The molecule has 0 fully saturated rings. The van der Waals surface area contributed by atoms with Crippen molar-refractivity contribution in [3.63, 3.8) is 0 Å². The number of carboxylic acids is 1. The molecule has 1 aromatic carbocycles. The number of carboxylic acid groups (broad SMARTS) is 1. The van der Waals surface area contributed by atoms with Gasteiger partial charge in [-0.25, -0.2) is 9.48 Å². The smallest absolute Gasteiger partial charge is 0.360 e. The van der Waals surface area contributed by atoms with E-state index in [1.807, 2.05) is 0 Å². The second-order valence-corrected chi connectivity index (χ2v) is 5.14. The fraction of sp³-hybridized carbons (Fsp3) is 0. The van der Waals surface area contributed by atoms with Crippen LogP contribution in [0.3, 0.4) is 0 Å². The van der Waals surface area contributed by atoms with Crippen LogP contribution in [-0.2, 0) is 0 Å². The summed E-state index contributed by atoms with van der Waals surface area (Å²) in [6, 6.07) is 6.51. The molecule has 0 spiro atoms. The van der Waals surface area contributed by atoms with Crippen LogP contribution < -0.4 is 5.43 Å². The van der Waals surface area contributed by atoms with Gasteiger partial charge in [-0.15, -0.1) is 0 Å². The first-order chi connectivity index (χ1) is 8.49. The molecular weight excluding hydrogens is 368 g/mol. The molecule has 1 aromatic heterocycles. The van der Waals surface area contributed by atoms with Crippen LogP contribution in [0.25, 0.3) is 5.69 Å². The third kappa shape index (κ3) is 2.51. The lowest BCUT2D eigenvalue weighted by atomic mass is 10.3. The number of carbonyl (C=O) groups is 1. The molecule has 1 heterocycles. The zero-order valence-electron chi connectivity index (χ0n) is 8.80. The fourth-order valence-electron chi connectivity index (χ4n) is 1.36. The predicted molar refractivity (Wildman–Crippen MR) is 72.2 cm³/mol. The van der Waals surface area contributed by atoms with Crippen molar-refractivity contribution < 1.29 is 9.90 Å². The molecule has 2 aromatic rings. The summed E-state index contributed by atoms with van der Waals surface area (Å²) in [7, 11) is 0. The van der Waals surface area contributed by atoms with E-state index < -0.39 is 17.1 Å². The normalized spacial score (nSPS) is 10.3. The van der Waals surface area contributed by atoms with Crippen molar-refractivity contribution in [1.82, 2.24) is 9.78 Å². The van der Waals surface area contributed by atoms with E-state index in [1.165, 1.54) is 16.9 Å². The number of rotatable bonds is 2. The Morgan fingerprint density at radius 3 is 2.61 bits per heavy atom. The van der Waals surface area contributed by atoms with Gasteiger partial charge in [0.25, 0.3) is 0 Å². The van der Waals surface area contributed by atoms with Crippen LogP contribution in [0.15, 0.2) is 44.2 Å². The number of halogens is 2. The third-order valence-corrected chi connectivity index (χ3v) is 3.30. The Labute approximate surface area is 118 Å². The SMILES string of the molecule is O=C(O)c1nn(-c2ccc(Br)cc2Br)ccc1=O. The molecule has 0 bridgehead atoms. The van der Waals surface area contributed by atoms with E-state index in [4.69, 9.17) is 5.11 Å². The van der Waals surface area contributed by atoms with Crippen LogP contribution in [0.2, 0.25) is 0 Å². The first-order valence-electron chi connectivity index (χ1n) is 4.78. The summed E-state index contributed by atoms with van der Waals surface area (Å²) in [5, 5.41) is 12.6. The van der Waals surface area contributed by atoms with Crippen LogP contribution in [0.5, 0.6) is 0 Å². The second-order valence-electron chi connectivity index (χ2n) is 3.37. The summed E-state index contributed by atoms with van der Waals surface area (Å²) < 4.78 is 2.93. The van der Waals surface area contributed by atoms with Crippen molar-refractivity contribution in [2.75, 3.05) is 0 Å². The molecular formula is C11H6Br2N2O3. The van der Waals surface area contributed by atoms with Crippen molar-refractivity contribution in [2.45, 2.75) is 0 Å². The Bertz CT molecular complexity index is 682. The standard InChI is InChI=1S/C11H6Br2N2O3/c12-6-1-2-8(7(13)5-6)15-4-3-9(16)10(14-15)11(17)18/h1-5H,(H,17,18). The van der Waals surface area contributed by atoms with Crippen molar-refractivity contribution in [3.05, 3.63) is 55.3 Å². The molecule has 7 heteroatoms. The quantitative estimate of drug-likeness (QED) is 0.877. The highest BCUT2D eigenvalue weighted by Crippen LogP contribution is 2.24. The van der Waals surface area contributed by atoms with Crippen LogP contribution >= 0.6 is 31.9 Å². The Hall–Kier alpha value is -1.47. The average molecular weight is 374 g/mol. The maximum atomic E-state index is 11.3. The molecule has 92 valence electrons. The Morgan fingerprint density at radius 1 is 1.28 bits per heavy atom. The molecule has 0 amide bonds. The number of hydrogen-bond donors (Lipinski definition) is 1. The van der Waals surface area contributed by atoms with Crippen molar-refractivity contribution >= 4 is 37.8 Å². The number of aromatic nitrogens is 2. The van der Waals surface area contributed by atoms with Gasteiger partial charge in [0.05, 0.1) is 5.69 Å². The van der Waals surface area contributed by atoms with Gasteiger partial charge < -0.3 is 5.11 Å². The van der Waals surface area contributed by atoms with Crippen LogP contribution in [0, 0.1) is 0 Å². The molecule has 0 atom stereocenters. The monoisotopic (exact) mass is 372 g/mol. The molecule has 0 unspecified atom stereocenters. The lowest BCUT2D eigenvalue weighted by Crippen LogP contribution is -2.20. The molecule has 0 saturated heterocycles. The summed E-state index contributed by atoms with van der Waals surface area (Å²) in [5.74, 6) is -1.34. The molecule has 1 N–H and O–H groups in total. The molecule has 0 radical (unpaired) electrons.